The van der Waals surface area contributed by atoms with Gasteiger partial charge in [0.25, 0.3) is 5.91 Å². The number of carbonyl (C=O) groups excluding carboxylic acids is 9. The summed E-state index contributed by atoms with van der Waals surface area (Å²) in [4.78, 5) is 137. The van der Waals surface area contributed by atoms with E-state index in [1.807, 2.05) is 72.8 Å². The van der Waals surface area contributed by atoms with E-state index in [-0.39, 0.29) is 87.0 Å². The van der Waals surface area contributed by atoms with Crippen LogP contribution in [0.3, 0.4) is 0 Å². The van der Waals surface area contributed by atoms with E-state index in [9.17, 15) is 55.2 Å². The van der Waals surface area contributed by atoms with E-state index in [1.54, 1.807) is 26.0 Å². The number of primary amides is 1. The number of phenols is 2. The molecule has 0 spiro atoms. The van der Waals surface area contributed by atoms with Gasteiger partial charge in [-0.3, -0.25) is 38.4 Å². The highest BCUT2D eigenvalue weighted by Gasteiger charge is 2.53. The predicted octanol–water partition coefficient (Wildman–Crippen LogP) is 3.93. The molecule has 8 heterocycles. The van der Waals surface area contributed by atoms with Crippen LogP contribution in [0.5, 0.6) is 40.2 Å². The second-order valence-electron chi connectivity index (χ2n) is 34.1. The number of carbonyl (C=O) groups is 9. The number of nitrogens with one attached hydrogen (secondary N) is 9. The van der Waals surface area contributed by atoms with Crippen LogP contribution in [0, 0.1) is 9.49 Å². The van der Waals surface area contributed by atoms with Gasteiger partial charge in [-0.25, -0.2) is 4.79 Å². The summed E-state index contributed by atoms with van der Waals surface area (Å²) in [5.74, 6) is -15.4. The molecule has 0 aliphatic carbocycles. The van der Waals surface area contributed by atoms with Crippen LogP contribution in [0.15, 0.2) is 127 Å². The molecule has 0 aromatic heterocycles. The molecular weight excluding hydrogens is 1900 g/mol. The highest BCUT2D eigenvalue weighted by Crippen LogP contribution is 2.51. The van der Waals surface area contributed by atoms with E-state index in [0.717, 1.165) is 47.0 Å². The number of aromatic hydroxyl groups is 2. The SMILES string of the molecule is CN[C@H](CC(C)C)C(=O)N[C@H]1C(=O)N[C@@H](CC(N)=O)C(=O)N[C@H]2C(=O)N[C@H]3C(=O)N[C@H](C(=O)N[C@@H](C(=O)OCC(=O)NCCN)c4cc(O)cc(O)c4-c4cc3ccc4I)[C@H](O[C@H]3C[C@](C)(N)[C@@H](O)[C@H](C)O3)c3ccc(c(Cl)c3)Oc3cc2cc(c3O[C@@H]2O[C@H](CO)[C@@H](O)[C@H](O)[C@H]2O[C@H]2C[C@](C)(NCc3ccc(-c4ccc(Cl)cc4)cc3)[C@@H](O)[C@H](C)O2)Oc2ccc(cc2Cl)[C@H]1O. The first-order chi connectivity index (χ1) is 62.6. The van der Waals surface area contributed by atoms with Gasteiger partial charge >= 0.3 is 5.97 Å². The maximum atomic E-state index is 16.8. The van der Waals surface area contributed by atoms with Crippen molar-refractivity contribution in [1.82, 2.24) is 47.9 Å². The van der Waals surface area contributed by atoms with Crippen molar-refractivity contribution in [1.29, 1.82) is 0 Å². The fourth-order valence-corrected chi connectivity index (χ4v) is 17.8. The summed E-state index contributed by atoms with van der Waals surface area (Å²) in [5, 5.41) is 119. The van der Waals surface area contributed by atoms with Gasteiger partial charge < -0.3 is 149 Å². The van der Waals surface area contributed by atoms with Crippen molar-refractivity contribution in [2.24, 2.45) is 23.1 Å². The molecule has 3 fully saturated rings. The lowest BCUT2D eigenvalue weighted by Gasteiger charge is -2.48. The Morgan fingerprint density at radius 2 is 1.27 bits per heavy atom. The Kier molecular flexibility index (Phi) is 31.7. The number of aliphatic hydroxyl groups is 6. The molecule has 22 atom stereocenters. The third-order valence-corrected chi connectivity index (χ3v) is 25.5. The number of phenolic OH excluding ortho intramolecular Hbond substituents is 2. The van der Waals surface area contributed by atoms with E-state index in [1.165, 1.54) is 69.4 Å². The number of halogens is 4. The van der Waals surface area contributed by atoms with E-state index >= 15 is 28.8 Å². The second-order valence-corrected chi connectivity index (χ2v) is 36.5. The summed E-state index contributed by atoms with van der Waals surface area (Å²) < 4.78 is 59.2. The molecule has 38 nitrogen and oxygen atoms in total. The third kappa shape index (κ3) is 22.5. The average Bonchev–Trinajstić information content (AvgIpc) is 0.747. The standard InChI is InChI=1S/C90H104Cl3IN12O26/c1-38(2)24-55(98-7)81(117)105-71-73(112)45-15-20-58(52(92)26-45)127-60-28-47-29-61(77(60)132-88-78(75(114)74(113)62(36-107)129-88)131-66-34-90(6,80(116)40(4)126-66)100-35-41-8-10-42(11-9-41)43-12-17-48(91)18-13-43)128-59-21-16-46(27-53(59)93)76(130-65-33-89(5,97)79(115)39(3)125-65)72-86(122)104-70(87(123)124-37-64(111)99-23-22-95)51-30-49(108)31-57(109)67(51)50-25-44(14-19-54(50)94)68(83(119)106-72)103-84(120)69(47)102-82(118)56(32-63(96)110)101-85(71)121/h8-21,25-31,38-40,55-56,62,65-66,68-76,78-80,88,98,100,107-109,112-116H,22-24,32-37,95,97H2,1-7H3,(H2,96,110)(H,99,111)(H,101,121)(H,102,118)(H,103,120)(H,104,122)(H,105,117)(H,106,119)/t39-,40-,55+,56-,62+,65-,66-,68+,69+,70+,71+,72-,73+,74+,75-,76+,78+,79-,80-,88-,89-,90-/m0/s1. The predicted molar refractivity (Wildman–Crippen MR) is 482 cm³/mol. The minimum absolute atomic E-state index is 0.0212. The van der Waals surface area contributed by atoms with Gasteiger partial charge in [-0.2, -0.15) is 0 Å². The Balaban J connectivity index is 1.02. The fourth-order valence-electron chi connectivity index (χ4n) is 16.6. The Morgan fingerprint density at radius 1 is 0.667 bits per heavy atom. The molecule has 3 saturated heterocycles. The summed E-state index contributed by atoms with van der Waals surface area (Å²) in [6, 6.07) is 16.1. The molecule has 15 rings (SSSR count). The lowest BCUT2D eigenvalue weighted by Crippen LogP contribution is -2.65. The van der Waals surface area contributed by atoms with E-state index < -0.39 is 257 Å². The Bertz CT molecular complexity index is 5480. The molecule has 42 heteroatoms. The number of amides is 8. The molecule has 8 aliphatic heterocycles. The van der Waals surface area contributed by atoms with Crippen LogP contribution in [-0.2, 0) is 78.1 Å². The number of ether oxygens (including phenoxy) is 9. The van der Waals surface area contributed by atoms with E-state index in [0.29, 0.717) is 5.02 Å². The molecule has 8 aliphatic rings. The van der Waals surface area contributed by atoms with E-state index in [4.69, 9.17) is 94.6 Å². The molecule has 8 amide bonds. The number of likely N-dealkylation sites (N-methyl/N-ethyl adjacent to an activating group) is 1. The number of nitrogens with two attached hydrogens (primary N) is 3. The number of rotatable bonds is 23. The van der Waals surface area contributed by atoms with Crippen LogP contribution in [0.25, 0.3) is 22.3 Å². The Morgan fingerprint density at radius 3 is 1.89 bits per heavy atom. The zero-order chi connectivity index (χ0) is 95.4. The number of fused-ring (bicyclic) bond motifs is 15. The smallest absolute Gasteiger partial charge is 0.333 e. The number of hydrogen-bond donors (Lipinski definition) is 20. The second kappa shape index (κ2) is 42.1. The molecule has 0 saturated carbocycles. The number of benzene rings is 7. The van der Waals surface area contributed by atoms with Crippen LogP contribution in [0.4, 0.5) is 0 Å². The molecule has 11 bridgehead atoms. The first-order valence-electron chi connectivity index (χ1n) is 42.4. The first kappa shape index (κ1) is 99.3. The van der Waals surface area contributed by atoms with E-state index in [2.05, 4.69) is 47.9 Å². The summed E-state index contributed by atoms with van der Waals surface area (Å²) in [6.07, 6.45) is -23.0. The van der Waals surface area contributed by atoms with Crippen molar-refractivity contribution in [3.05, 3.63) is 179 Å². The Labute approximate surface area is 785 Å². The maximum absolute atomic E-state index is 16.8. The van der Waals surface area contributed by atoms with Gasteiger partial charge in [-0.1, -0.05) is 103 Å². The topological polar surface area (TPSA) is 585 Å². The zero-order valence-electron chi connectivity index (χ0n) is 72.3. The quantitative estimate of drug-likeness (QED) is 0.0319. The third-order valence-electron chi connectivity index (χ3n) is 23.7. The Hall–Kier alpha value is -10.2. The molecular formula is C90H104Cl3IN12O26. The van der Waals surface area contributed by atoms with Gasteiger partial charge in [0.15, 0.2) is 42.8 Å². The van der Waals surface area contributed by atoms with Crippen LogP contribution in [0.1, 0.15) is 131 Å². The summed E-state index contributed by atoms with van der Waals surface area (Å²) in [5.41, 5.74) is 16.4. The maximum Gasteiger partial charge on any atom is 0.333 e. The van der Waals surface area contributed by atoms with Crippen LogP contribution < -0.4 is 79.3 Å². The average molecular weight is 2000 g/mol. The summed E-state index contributed by atoms with van der Waals surface area (Å²) in [7, 11) is 1.48. The minimum Gasteiger partial charge on any atom is -0.508 e. The van der Waals surface area contributed by atoms with Gasteiger partial charge in [0, 0.05) is 69.3 Å². The van der Waals surface area contributed by atoms with Crippen molar-refractivity contribution in [2.45, 2.75) is 207 Å². The largest absolute Gasteiger partial charge is 0.508 e. The van der Waals surface area contributed by atoms with Crippen molar-refractivity contribution in [3.8, 4) is 62.5 Å². The molecule has 23 N–H and O–H groups in total. The monoisotopic (exact) mass is 2000 g/mol. The lowest BCUT2D eigenvalue weighted by atomic mass is 9.84. The van der Waals surface area contributed by atoms with Crippen LogP contribution in [0.2, 0.25) is 15.1 Å². The number of esters is 1. The van der Waals surface area contributed by atoms with Crippen LogP contribution in [-0.4, -0.2) is 230 Å². The first-order valence-corrected chi connectivity index (χ1v) is 44.6. The van der Waals surface area contributed by atoms with Gasteiger partial charge in [0.1, 0.15) is 83.7 Å². The molecule has 708 valence electrons. The molecule has 0 unspecified atom stereocenters. The number of aliphatic hydroxyl groups excluding tert-OH is 6. The van der Waals surface area contributed by atoms with Crippen molar-refractivity contribution in [3.63, 3.8) is 0 Å². The van der Waals surface area contributed by atoms with Crippen molar-refractivity contribution in [2.75, 3.05) is 33.4 Å². The lowest BCUT2D eigenvalue weighted by molar-refractivity contribution is -0.334. The summed E-state index contributed by atoms with van der Waals surface area (Å²) >= 11 is 22.8. The molecule has 0 radical (unpaired) electrons. The minimum atomic E-state index is -2.38. The highest BCUT2D eigenvalue weighted by molar-refractivity contribution is 14.1. The van der Waals surface area contributed by atoms with Crippen molar-refractivity contribution < 1.29 is 127 Å². The van der Waals surface area contributed by atoms with Gasteiger partial charge in [0.05, 0.1) is 53.5 Å². The highest BCUT2D eigenvalue weighted by atomic mass is 127. The summed E-state index contributed by atoms with van der Waals surface area (Å²) in [6.45, 7) is 8.05. The number of hydrogen-bond acceptors (Lipinski definition) is 30. The van der Waals surface area contributed by atoms with Crippen LogP contribution >= 0.6 is 57.4 Å². The normalized spacial score (nSPS) is 28.7. The fraction of sp³-hybridized carbons (Fsp3) is 0.433. The van der Waals surface area contributed by atoms with Gasteiger partial charge in [-0.05, 0) is 181 Å². The molecule has 7 aromatic rings. The zero-order valence-corrected chi connectivity index (χ0v) is 76.7. The molecule has 7 aromatic carbocycles. The van der Waals surface area contributed by atoms with Crippen molar-refractivity contribution >= 4 is 111 Å². The van der Waals surface area contributed by atoms with Gasteiger partial charge in [-0.15, -0.1) is 0 Å². The molecule has 132 heavy (non-hydrogen) atoms. The van der Waals surface area contributed by atoms with Gasteiger partial charge in [0.2, 0.25) is 53.4 Å².